The van der Waals surface area contributed by atoms with Crippen LogP contribution in [0.15, 0.2) is 48.7 Å². The zero-order chi connectivity index (χ0) is 24.5. The topological polar surface area (TPSA) is 67.2 Å². The third-order valence-electron chi connectivity index (χ3n) is 6.74. The van der Waals surface area contributed by atoms with E-state index in [1.54, 1.807) is 12.0 Å². The maximum absolute atomic E-state index is 13.5. The molecule has 0 unspecified atom stereocenters. The third kappa shape index (κ3) is 7.65. The molecule has 0 spiro atoms. The van der Waals surface area contributed by atoms with Gasteiger partial charge in [-0.15, -0.1) is 0 Å². The van der Waals surface area contributed by atoms with Gasteiger partial charge in [-0.3, -0.25) is 14.5 Å². The highest BCUT2D eigenvalue weighted by molar-refractivity contribution is 5.87. The molecular weight excluding hydrogens is 444 g/mol. The van der Waals surface area contributed by atoms with Crippen molar-refractivity contribution in [3.63, 3.8) is 0 Å². The van der Waals surface area contributed by atoms with Crippen molar-refractivity contribution in [1.29, 1.82) is 0 Å². The van der Waals surface area contributed by atoms with Crippen LogP contribution in [0.2, 0.25) is 0 Å². The lowest BCUT2D eigenvalue weighted by molar-refractivity contribution is -0.142. The average molecular weight is 483 g/mol. The number of ether oxygens (including phenoxy) is 2. The summed E-state index contributed by atoms with van der Waals surface area (Å²) in [7, 11) is 1.64. The van der Waals surface area contributed by atoms with Gasteiger partial charge in [0.1, 0.15) is 0 Å². The van der Waals surface area contributed by atoms with E-state index in [0.29, 0.717) is 26.2 Å². The van der Waals surface area contributed by atoms with E-state index >= 15 is 0 Å². The maximum Gasteiger partial charge on any atom is 0.242 e. The van der Waals surface area contributed by atoms with E-state index in [0.717, 1.165) is 57.9 Å². The lowest BCUT2D eigenvalue weighted by Gasteiger charge is -2.31. The largest absolute Gasteiger partial charge is 0.383 e. The number of rotatable bonds is 13. The fourth-order valence-corrected chi connectivity index (χ4v) is 4.42. The summed E-state index contributed by atoms with van der Waals surface area (Å²) < 4.78 is 12.9. The summed E-state index contributed by atoms with van der Waals surface area (Å²) in [5.74, 6) is 0.166. The van der Waals surface area contributed by atoms with Gasteiger partial charge in [0, 0.05) is 64.2 Å². The number of nitrogens with zero attached hydrogens (tertiary/aromatic N) is 4. The molecule has 1 aromatic carbocycles. The average Bonchev–Trinajstić information content (AvgIpc) is 3.65. The Bertz CT molecular complexity index is 938. The van der Waals surface area contributed by atoms with Crippen LogP contribution in [-0.2, 0) is 32.2 Å². The molecule has 8 heteroatoms. The number of benzene rings is 1. The molecule has 1 aliphatic carbocycles. The Morgan fingerprint density at radius 1 is 1.03 bits per heavy atom. The van der Waals surface area contributed by atoms with Crippen LogP contribution in [0.4, 0.5) is 0 Å². The Morgan fingerprint density at radius 2 is 1.80 bits per heavy atom. The Kier molecular flexibility index (Phi) is 9.34. The molecule has 2 aromatic rings. The quantitative estimate of drug-likeness (QED) is 0.437. The monoisotopic (exact) mass is 482 g/mol. The first-order chi connectivity index (χ1) is 17.1. The maximum atomic E-state index is 13.5. The van der Waals surface area contributed by atoms with Crippen LogP contribution in [0, 0.1) is 5.92 Å². The molecule has 2 amide bonds. The molecule has 2 fully saturated rings. The molecule has 0 radical (unpaired) electrons. The van der Waals surface area contributed by atoms with Gasteiger partial charge in [0.2, 0.25) is 11.8 Å². The van der Waals surface area contributed by atoms with Gasteiger partial charge in [-0.05, 0) is 30.5 Å². The fraction of sp³-hybridized carbons (Fsp3) is 0.556. The summed E-state index contributed by atoms with van der Waals surface area (Å²) in [4.78, 5) is 32.4. The number of amides is 2. The Labute approximate surface area is 208 Å². The van der Waals surface area contributed by atoms with E-state index in [4.69, 9.17) is 9.47 Å². The number of hydrogen-bond donors (Lipinski definition) is 0. The van der Waals surface area contributed by atoms with E-state index in [9.17, 15) is 9.59 Å². The number of methoxy groups -OCH3 is 1. The van der Waals surface area contributed by atoms with E-state index in [-0.39, 0.29) is 24.3 Å². The van der Waals surface area contributed by atoms with Gasteiger partial charge in [0.15, 0.2) is 0 Å². The van der Waals surface area contributed by atoms with E-state index in [1.807, 2.05) is 35.4 Å². The van der Waals surface area contributed by atoms with Crippen molar-refractivity contribution in [2.45, 2.75) is 25.9 Å². The molecule has 2 aliphatic rings. The van der Waals surface area contributed by atoms with Crippen LogP contribution < -0.4 is 0 Å². The highest BCUT2D eigenvalue weighted by Crippen LogP contribution is 2.31. The van der Waals surface area contributed by atoms with Crippen molar-refractivity contribution in [2.75, 3.05) is 66.2 Å². The molecule has 1 aromatic heterocycles. The summed E-state index contributed by atoms with van der Waals surface area (Å²) in [6.45, 7) is 6.83. The highest BCUT2D eigenvalue weighted by Gasteiger charge is 2.35. The molecule has 1 saturated carbocycles. The van der Waals surface area contributed by atoms with Crippen molar-refractivity contribution in [2.24, 2.45) is 5.92 Å². The first-order valence-corrected chi connectivity index (χ1v) is 12.7. The number of carbonyl (C=O) groups is 2. The van der Waals surface area contributed by atoms with Crippen LogP contribution in [0.1, 0.15) is 24.1 Å². The number of carbonyl (C=O) groups excluding carboxylic acids is 2. The van der Waals surface area contributed by atoms with Crippen LogP contribution in [0.3, 0.4) is 0 Å². The van der Waals surface area contributed by atoms with Gasteiger partial charge in [0.05, 0.1) is 32.9 Å². The van der Waals surface area contributed by atoms with Gasteiger partial charge < -0.3 is 23.8 Å². The summed E-state index contributed by atoms with van der Waals surface area (Å²) in [5, 5.41) is 0. The molecule has 4 rings (SSSR count). The zero-order valence-corrected chi connectivity index (χ0v) is 20.8. The van der Waals surface area contributed by atoms with E-state index in [2.05, 4.69) is 27.7 Å². The van der Waals surface area contributed by atoms with Crippen LogP contribution in [-0.4, -0.2) is 97.3 Å². The second kappa shape index (κ2) is 12.9. The molecule has 8 nitrogen and oxygen atoms in total. The van der Waals surface area contributed by atoms with Crippen LogP contribution in [0.5, 0.6) is 0 Å². The number of aromatic nitrogens is 1. The third-order valence-corrected chi connectivity index (χ3v) is 6.74. The standard InChI is InChI=1S/C27H38N4O4/c1-34-17-16-30(21-25-8-5-11-29(25)20-23-6-3-2-4-7-23)26(32)22-31(27(33)24-9-10-24)13-12-28-14-18-35-19-15-28/h2-8,11,24H,9-10,12-22H2,1H3. The Morgan fingerprint density at radius 3 is 2.51 bits per heavy atom. The van der Waals surface area contributed by atoms with Crippen molar-refractivity contribution in [3.8, 4) is 0 Å². The minimum Gasteiger partial charge on any atom is -0.383 e. The Hall–Kier alpha value is -2.68. The van der Waals surface area contributed by atoms with Crippen molar-refractivity contribution in [3.05, 3.63) is 59.9 Å². The summed E-state index contributed by atoms with van der Waals surface area (Å²) in [6, 6.07) is 14.4. The number of morpholine rings is 1. The van der Waals surface area contributed by atoms with Crippen LogP contribution >= 0.6 is 0 Å². The van der Waals surface area contributed by atoms with Gasteiger partial charge in [0.25, 0.3) is 0 Å². The summed E-state index contributed by atoms with van der Waals surface area (Å²) >= 11 is 0. The molecule has 0 N–H and O–H groups in total. The fourth-order valence-electron chi connectivity index (χ4n) is 4.42. The van der Waals surface area contributed by atoms with Gasteiger partial charge in [-0.1, -0.05) is 30.3 Å². The van der Waals surface area contributed by atoms with Gasteiger partial charge in [-0.25, -0.2) is 0 Å². The second-order valence-corrected chi connectivity index (χ2v) is 9.41. The lowest BCUT2D eigenvalue weighted by atomic mass is 10.2. The van der Waals surface area contributed by atoms with Crippen molar-refractivity contribution >= 4 is 11.8 Å². The second-order valence-electron chi connectivity index (χ2n) is 9.41. The summed E-state index contributed by atoms with van der Waals surface area (Å²) in [5.41, 5.74) is 2.27. The molecular formula is C27H38N4O4. The molecule has 1 saturated heterocycles. The molecule has 2 heterocycles. The minimum atomic E-state index is -0.0366. The molecule has 0 bridgehead atoms. The molecule has 0 atom stereocenters. The zero-order valence-electron chi connectivity index (χ0n) is 20.8. The smallest absolute Gasteiger partial charge is 0.242 e. The van der Waals surface area contributed by atoms with Gasteiger partial charge >= 0.3 is 0 Å². The molecule has 35 heavy (non-hydrogen) atoms. The van der Waals surface area contributed by atoms with Crippen molar-refractivity contribution < 1.29 is 19.1 Å². The van der Waals surface area contributed by atoms with E-state index in [1.165, 1.54) is 5.56 Å². The SMILES string of the molecule is COCCN(Cc1cccn1Cc1ccccc1)C(=O)CN(CCN1CCOCC1)C(=O)C1CC1. The molecule has 190 valence electrons. The minimum absolute atomic E-state index is 0.0366. The normalized spacial score (nSPS) is 16.3. The first-order valence-electron chi connectivity index (χ1n) is 12.7. The Balaban J connectivity index is 1.41. The predicted molar refractivity (Wildman–Crippen MR) is 134 cm³/mol. The number of hydrogen-bond acceptors (Lipinski definition) is 5. The van der Waals surface area contributed by atoms with E-state index < -0.39 is 0 Å². The summed E-state index contributed by atoms with van der Waals surface area (Å²) in [6.07, 6.45) is 3.91. The lowest BCUT2D eigenvalue weighted by Crippen LogP contribution is -2.48. The van der Waals surface area contributed by atoms with Crippen molar-refractivity contribution in [1.82, 2.24) is 19.3 Å². The molecule has 1 aliphatic heterocycles. The highest BCUT2D eigenvalue weighted by atomic mass is 16.5. The predicted octanol–water partition coefficient (Wildman–Crippen LogP) is 2.08. The van der Waals surface area contributed by atoms with Gasteiger partial charge in [-0.2, -0.15) is 0 Å². The van der Waals surface area contributed by atoms with Crippen LogP contribution in [0.25, 0.3) is 0 Å². The first kappa shape index (κ1) is 25.4.